The van der Waals surface area contributed by atoms with Crippen molar-refractivity contribution in [2.45, 2.75) is 6.92 Å². The van der Waals surface area contributed by atoms with Crippen molar-refractivity contribution in [3.05, 3.63) is 80.9 Å². The lowest BCUT2D eigenvalue weighted by atomic mass is 10.1. The molecule has 0 bridgehead atoms. The topological polar surface area (TPSA) is 102 Å². The van der Waals surface area contributed by atoms with Crippen LogP contribution in [0.4, 0.5) is 10.8 Å². The number of furan rings is 1. The summed E-state index contributed by atoms with van der Waals surface area (Å²) in [5.74, 6) is 0.544. The number of hydrogen-bond acceptors (Lipinski definition) is 8. The summed E-state index contributed by atoms with van der Waals surface area (Å²) >= 11 is 2.59. The standard InChI is InChI=1S/C21H16N4O4S2/c1-3-9-24-19(26)18(31-21(24)23-20-22-8-10-30-20)12-14-5-7-17(29-14)15-6-4-13(2)11-16(15)25(27)28/h3-8,10-12H,1,9H2,2H3/b18-12+,23-21+. The highest BCUT2D eigenvalue weighted by Gasteiger charge is 2.33. The van der Waals surface area contributed by atoms with E-state index in [0.717, 1.165) is 5.56 Å². The van der Waals surface area contributed by atoms with Gasteiger partial charge >= 0.3 is 0 Å². The van der Waals surface area contributed by atoms with Crippen LogP contribution in [-0.2, 0) is 4.79 Å². The maximum absolute atomic E-state index is 12.9. The van der Waals surface area contributed by atoms with Crippen LogP contribution in [0, 0.1) is 17.0 Å². The molecule has 0 atom stereocenters. The van der Waals surface area contributed by atoms with Gasteiger partial charge in [-0.1, -0.05) is 12.1 Å². The Kier molecular flexibility index (Phi) is 5.83. The van der Waals surface area contributed by atoms with Gasteiger partial charge in [0.05, 0.1) is 15.4 Å². The zero-order valence-corrected chi connectivity index (χ0v) is 18.0. The van der Waals surface area contributed by atoms with E-state index in [0.29, 0.717) is 38.8 Å². The Hall–Kier alpha value is -3.50. The van der Waals surface area contributed by atoms with Crippen molar-refractivity contribution in [1.82, 2.24) is 9.88 Å². The zero-order chi connectivity index (χ0) is 22.0. The molecule has 0 aliphatic carbocycles. The van der Waals surface area contributed by atoms with Crippen molar-refractivity contribution >= 4 is 51.1 Å². The molecule has 2 aromatic heterocycles. The first-order chi connectivity index (χ1) is 15.0. The van der Waals surface area contributed by atoms with Gasteiger partial charge in [-0.3, -0.25) is 19.8 Å². The smallest absolute Gasteiger partial charge is 0.280 e. The fraction of sp³-hybridized carbons (Fsp3) is 0.0952. The number of aromatic nitrogens is 1. The van der Waals surface area contributed by atoms with Gasteiger partial charge in [-0.2, -0.15) is 4.99 Å². The van der Waals surface area contributed by atoms with E-state index in [9.17, 15) is 14.9 Å². The Labute approximate surface area is 185 Å². The van der Waals surface area contributed by atoms with Crippen molar-refractivity contribution < 1.29 is 14.1 Å². The van der Waals surface area contributed by atoms with E-state index in [-0.39, 0.29) is 11.6 Å². The minimum Gasteiger partial charge on any atom is -0.456 e. The van der Waals surface area contributed by atoms with E-state index in [1.165, 1.54) is 34.1 Å². The molecule has 156 valence electrons. The van der Waals surface area contributed by atoms with Gasteiger partial charge < -0.3 is 4.42 Å². The number of aryl methyl sites for hydroxylation is 1. The highest BCUT2D eigenvalue weighted by atomic mass is 32.2. The van der Waals surface area contributed by atoms with Crippen LogP contribution in [0.15, 0.2) is 68.9 Å². The summed E-state index contributed by atoms with van der Waals surface area (Å²) in [6, 6.07) is 8.27. The molecule has 1 aliphatic rings. The van der Waals surface area contributed by atoms with E-state index in [2.05, 4.69) is 16.6 Å². The second-order valence-electron chi connectivity index (χ2n) is 6.50. The molecule has 8 nitrogen and oxygen atoms in total. The maximum Gasteiger partial charge on any atom is 0.280 e. The summed E-state index contributed by atoms with van der Waals surface area (Å²) in [5, 5.41) is 14.3. The van der Waals surface area contributed by atoms with Crippen molar-refractivity contribution in [3.8, 4) is 11.3 Å². The fourth-order valence-electron chi connectivity index (χ4n) is 2.94. The van der Waals surface area contributed by atoms with Crippen molar-refractivity contribution in [2.24, 2.45) is 4.99 Å². The molecule has 4 rings (SSSR count). The highest BCUT2D eigenvalue weighted by Crippen LogP contribution is 2.36. The molecule has 10 heteroatoms. The number of aliphatic imine (C=N–C) groups is 1. The predicted octanol–water partition coefficient (Wildman–Crippen LogP) is 5.41. The van der Waals surface area contributed by atoms with Gasteiger partial charge in [0.2, 0.25) is 5.13 Å². The van der Waals surface area contributed by atoms with Crippen molar-refractivity contribution in [2.75, 3.05) is 6.54 Å². The van der Waals surface area contributed by atoms with Crippen LogP contribution in [0.2, 0.25) is 0 Å². The second-order valence-corrected chi connectivity index (χ2v) is 8.39. The zero-order valence-electron chi connectivity index (χ0n) is 16.3. The van der Waals surface area contributed by atoms with Crippen LogP contribution >= 0.6 is 23.1 Å². The van der Waals surface area contributed by atoms with E-state index < -0.39 is 4.92 Å². The van der Waals surface area contributed by atoms with Gasteiger partial charge in [-0.25, -0.2) is 4.98 Å². The molecule has 0 N–H and O–H groups in total. The molecule has 1 amide bonds. The molecular weight excluding hydrogens is 436 g/mol. The molecular formula is C21H16N4O4S2. The molecule has 0 radical (unpaired) electrons. The lowest BCUT2D eigenvalue weighted by molar-refractivity contribution is -0.384. The molecule has 1 aliphatic heterocycles. The molecule has 3 aromatic rings. The summed E-state index contributed by atoms with van der Waals surface area (Å²) in [6.07, 6.45) is 4.88. The van der Waals surface area contributed by atoms with E-state index >= 15 is 0 Å². The summed E-state index contributed by atoms with van der Waals surface area (Å²) in [6.45, 7) is 5.80. The molecule has 1 aromatic carbocycles. The summed E-state index contributed by atoms with van der Waals surface area (Å²) < 4.78 is 5.81. The third-order valence-electron chi connectivity index (χ3n) is 4.33. The molecule has 1 fully saturated rings. The number of thioether (sulfide) groups is 1. The first kappa shape index (κ1) is 20.8. The van der Waals surface area contributed by atoms with Gasteiger partial charge in [0.1, 0.15) is 11.5 Å². The van der Waals surface area contributed by atoms with E-state index in [1.807, 2.05) is 5.38 Å². The Morgan fingerprint density at radius 3 is 2.90 bits per heavy atom. The number of hydrogen-bond donors (Lipinski definition) is 0. The number of carbonyl (C=O) groups excluding carboxylic acids is 1. The van der Waals surface area contributed by atoms with Crippen LogP contribution in [0.1, 0.15) is 11.3 Å². The number of amidine groups is 1. The van der Waals surface area contributed by atoms with E-state index in [1.54, 1.807) is 49.5 Å². The summed E-state index contributed by atoms with van der Waals surface area (Å²) in [5.41, 5.74) is 1.13. The molecule has 0 unspecified atom stereocenters. The van der Waals surface area contributed by atoms with Crippen molar-refractivity contribution in [3.63, 3.8) is 0 Å². The minimum absolute atomic E-state index is 0.0325. The molecule has 31 heavy (non-hydrogen) atoms. The summed E-state index contributed by atoms with van der Waals surface area (Å²) in [4.78, 5) is 34.4. The highest BCUT2D eigenvalue weighted by molar-refractivity contribution is 8.18. The first-order valence-corrected chi connectivity index (χ1v) is 10.8. The first-order valence-electron chi connectivity index (χ1n) is 9.12. The van der Waals surface area contributed by atoms with Crippen LogP contribution in [-0.4, -0.2) is 32.4 Å². The molecule has 1 saturated heterocycles. The second kappa shape index (κ2) is 8.70. The molecule has 0 spiro atoms. The third-order valence-corrected chi connectivity index (χ3v) is 6.00. The number of thiazole rings is 1. The van der Waals surface area contributed by atoms with Gasteiger partial charge in [-0.15, -0.1) is 17.9 Å². The normalized spacial score (nSPS) is 16.4. The Morgan fingerprint density at radius 1 is 1.35 bits per heavy atom. The number of rotatable bonds is 6. The average molecular weight is 453 g/mol. The number of nitro groups is 1. The maximum atomic E-state index is 12.9. The van der Waals surface area contributed by atoms with Crippen LogP contribution in [0.25, 0.3) is 17.4 Å². The van der Waals surface area contributed by atoms with Crippen LogP contribution in [0.5, 0.6) is 0 Å². The van der Waals surface area contributed by atoms with E-state index in [4.69, 9.17) is 4.42 Å². The molecule has 0 saturated carbocycles. The third kappa shape index (κ3) is 4.35. The number of amides is 1. The number of nitrogens with zero attached hydrogens (tertiary/aromatic N) is 4. The largest absolute Gasteiger partial charge is 0.456 e. The van der Waals surface area contributed by atoms with Gasteiger partial charge in [0.15, 0.2) is 5.17 Å². The number of nitro benzene ring substituents is 1. The predicted molar refractivity (Wildman–Crippen MR) is 122 cm³/mol. The van der Waals surface area contributed by atoms with Gasteiger partial charge in [-0.05, 0) is 42.4 Å². The van der Waals surface area contributed by atoms with Crippen molar-refractivity contribution in [1.29, 1.82) is 0 Å². The molecule has 3 heterocycles. The number of carbonyl (C=O) groups is 1. The van der Waals surface area contributed by atoms with Crippen LogP contribution < -0.4 is 0 Å². The van der Waals surface area contributed by atoms with Gasteiger partial charge in [0, 0.05) is 30.3 Å². The Balaban J connectivity index is 1.66. The fourth-order valence-corrected chi connectivity index (χ4v) is 4.47. The Morgan fingerprint density at radius 2 is 2.19 bits per heavy atom. The lowest BCUT2D eigenvalue weighted by Crippen LogP contribution is -2.29. The lowest BCUT2D eigenvalue weighted by Gasteiger charge is -2.11. The van der Waals surface area contributed by atoms with Gasteiger partial charge in [0.25, 0.3) is 11.6 Å². The monoisotopic (exact) mass is 452 g/mol. The quantitative estimate of drug-likeness (QED) is 0.214. The average Bonchev–Trinajstić information content (AvgIpc) is 3.47. The Bertz CT molecular complexity index is 1230. The number of benzene rings is 1. The SMILES string of the molecule is C=CCN1C(=O)/C(=C\c2ccc(-c3ccc(C)cc3[N+](=O)[O-])o2)S/C1=N/c1nccs1. The van der Waals surface area contributed by atoms with Crippen LogP contribution in [0.3, 0.4) is 0 Å². The minimum atomic E-state index is -0.437. The summed E-state index contributed by atoms with van der Waals surface area (Å²) in [7, 11) is 0.